The molecule has 4 aromatic rings. The molecule has 16 heteroatoms. The van der Waals surface area contributed by atoms with Gasteiger partial charge in [-0.1, -0.05) is 66.7 Å². The van der Waals surface area contributed by atoms with Crippen LogP contribution in [0.25, 0.3) is 0 Å². The molecular formula is C45H54O14S2. The SMILES string of the molecule is COc1ccc(COC[C@H]2[C@H](OCc3ccc(OC)cc3)[C@@H](OCc3ccc(OC)cc3)C[S+]2C[C@@H]2OC(c3ccccc3)O[C@H]([C@H]3COC(C)(C)O3)[C@@H]2OS(=O)(=O)[O-])cc1. The van der Waals surface area contributed by atoms with Crippen LogP contribution >= 0.6 is 0 Å². The minimum atomic E-state index is -5.24. The highest BCUT2D eigenvalue weighted by atomic mass is 32.3. The van der Waals surface area contributed by atoms with Gasteiger partial charge in [-0.05, 0) is 66.9 Å². The van der Waals surface area contributed by atoms with E-state index in [0.29, 0.717) is 24.5 Å². The third kappa shape index (κ3) is 12.2. The fourth-order valence-corrected chi connectivity index (χ4v) is 11.2. The monoisotopic (exact) mass is 882 g/mol. The highest BCUT2D eigenvalue weighted by Crippen LogP contribution is 2.40. The largest absolute Gasteiger partial charge is 0.726 e. The first-order valence-corrected chi connectivity index (χ1v) is 23.0. The first-order chi connectivity index (χ1) is 29.4. The van der Waals surface area contributed by atoms with E-state index >= 15 is 0 Å². The van der Waals surface area contributed by atoms with E-state index < -0.39 is 70.0 Å². The molecule has 0 aliphatic carbocycles. The zero-order valence-corrected chi connectivity index (χ0v) is 36.5. The lowest BCUT2D eigenvalue weighted by molar-refractivity contribution is -0.299. The summed E-state index contributed by atoms with van der Waals surface area (Å²) in [5.41, 5.74) is 3.55. The second-order valence-corrected chi connectivity index (χ2v) is 18.8. The first kappa shape index (κ1) is 45.3. The molecule has 0 bridgehead atoms. The quantitative estimate of drug-likeness (QED) is 0.0625. The Balaban J connectivity index is 1.21. The van der Waals surface area contributed by atoms with Gasteiger partial charge in [0.1, 0.15) is 65.4 Å². The van der Waals surface area contributed by atoms with E-state index in [1.54, 1.807) is 35.2 Å². The summed E-state index contributed by atoms with van der Waals surface area (Å²) < 4.78 is 104. The van der Waals surface area contributed by atoms with Gasteiger partial charge in [0.2, 0.25) is 10.4 Å². The van der Waals surface area contributed by atoms with Crippen molar-refractivity contribution in [2.24, 2.45) is 0 Å². The summed E-state index contributed by atoms with van der Waals surface area (Å²) in [5, 5.41) is -0.257. The van der Waals surface area contributed by atoms with Crippen LogP contribution < -0.4 is 14.2 Å². The molecule has 3 aliphatic heterocycles. The van der Waals surface area contributed by atoms with E-state index in [1.165, 1.54) is 0 Å². The van der Waals surface area contributed by atoms with Gasteiger partial charge in [-0.2, -0.15) is 0 Å². The second kappa shape index (κ2) is 20.6. The molecule has 4 aromatic carbocycles. The third-order valence-corrected chi connectivity index (χ3v) is 14.1. The number of methoxy groups -OCH3 is 3. The standard InChI is InChI=1S/C45H54O14S2/c1-45(2)55-26-37(58-45)42-43(59-61(46,47)48)39(56-44(57-42)33-9-7-6-8-10-33)29-60-28-38(53-24-31-13-19-35(50-4)20-14-31)41(54-25-32-15-21-36(51-5)22-16-32)40(60)27-52-23-30-11-17-34(49-3)18-12-30/h6-22,37-44H,23-29H2,1-5H3/t37-,38+,39+,40+,41-,42-,43-,44?,60?/m1/s1. The Labute approximate surface area is 360 Å². The summed E-state index contributed by atoms with van der Waals surface area (Å²) in [6.07, 6.45) is -5.93. The van der Waals surface area contributed by atoms with Crippen LogP contribution in [-0.4, -0.2) is 107 Å². The molecule has 0 amide bonds. The van der Waals surface area contributed by atoms with E-state index in [-0.39, 0.29) is 30.8 Å². The zero-order chi connectivity index (χ0) is 43.0. The van der Waals surface area contributed by atoms with Crippen molar-refractivity contribution in [1.29, 1.82) is 0 Å². The molecule has 7 rings (SSSR count). The summed E-state index contributed by atoms with van der Waals surface area (Å²) in [4.78, 5) is 0. The molecule has 0 spiro atoms. The maximum absolute atomic E-state index is 12.5. The van der Waals surface area contributed by atoms with Crippen LogP contribution in [0.15, 0.2) is 103 Å². The van der Waals surface area contributed by atoms with Gasteiger partial charge in [0.25, 0.3) is 0 Å². The summed E-state index contributed by atoms with van der Waals surface area (Å²) in [5.74, 6) is 2.02. The Morgan fingerprint density at radius 3 is 1.80 bits per heavy atom. The average Bonchev–Trinajstić information content (AvgIpc) is 3.80. The lowest BCUT2D eigenvalue weighted by atomic mass is 10.0. The number of benzene rings is 4. The summed E-state index contributed by atoms with van der Waals surface area (Å²) in [6, 6.07) is 32.4. The topological polar surface area (TPSA) is 159 Å². The van der Waals surface area contributed by atoms with Crippen molar-refractivity contribution < 1.29 is 64.5 Å². The molecule has 3 aliphatic rings. The molecular weight excluding hydrogens is 829 g/mol. The van der Waals surface area contributed by atoms with Crippen LogP contribution in [0.2, 0.25) is 0 Å². The van der Waals surface area contributed by atoms with Crippen LogP contribution in [0, 0.1) is 0 Å². The second-order valence-electron chi connectivity index (χ2n) is 15.4. The van der Waals surface area contributed by atoms with Gasteiger partial charge in [0, 0.05) is 16.5 Å². The van der Waals surface area contributed by atoms with E-state index in [9.17, 15) is 13.0 Å². The summed E-state index contributed by atoms with van der Waals surface area (Å²) in [6.45, 7) is 4.78. The Hall–Kier alpha value is -3.78. The molecule has 2 unspecified atom stereocenters. The highest BCUT2D eigenvalue weighted by molar-refractivity contribution is 7.97. The molecule has 9 atom stereocenters. The van der Waals surface area contributed by atoms with Crippen LogP contribution in [0.3, 0.4) is 0 Å². The molecule has 14 nitrogen and oxygen atoms in total. The molecule has 3 saturated heterocycles. The molecule has 3 heterocycles. The van der Waals surface area contributed by atoms with Crippen molar-refractivity contribution in [2.75, 3.05) is 46.0 Å². The lowest BCUT2D eigenvalue weighted by Gasteiger charge is -2.43. The van der Waals surface area contributed by atoms with E-state index in [2.05, 4.69) is 0 Å². The molecule has 61 heavy (non-hydrogen) atoms. The van der Waals surface area contributed by atoms with Crippen molar-refractivity contribution in [3.8, 4) is 17.2 Å². The number of rotatable bonds is 19. The van der Waals surface area contributed by atoms with Crippen molar-refractivity contribution in [2.45, 2.75) is 87.6 Å². The Morgan fingerprint density at radius 1 is 0.721 bits per heavy atom. The molecule has 330 valence electrons. The van der Waals surface area contributed by atoms with E-state index in [0.717, 1.165) is 33.9 Å². The fraction of sp³-hybridized carbons (Fsp3) is 0.467. The molecule has 0 aromatic heterocycles. The highest BCUT2D eigenvalue weighted by Gasteiger charge is 2.57. The number of hydrogen-bond donors (Lipinski definition) is 0. The number of hydrogen-bond acceptors (Lipinski definition) is 14. The smallest absolute Gasteiger partial charge is 0.218 e. The van der Waals surface area contributed by atoms with E-state index in [1.807, 2.05) is 103 Å². The molecule has 0 saturated carbocycles. The van der Waals surface area contributed by atoms with Gasteiger partial charge in [-0.3, -0.25) is 4.18 Å². The molecule has 3 fully saturated rings. The van der Waals surface area contributed by atoms with Crippen LogP contribution in [0.1, 0.15) is 42.4 Å². The van der Waals surface area contributed by atoms with Crippen molar-refractivity contribution in [3.05, 3.63) is 125 Å². The lowest BCUT2D eigenvalue weighted by Crippen LogP contribution is -2.57. The fourth-order valence-electron chi connectivity index (χ4n) is 7.69. The maximum atomic E-state index is 12.5. The average molecular weight is 883 g/mol. The van der Waals surface area contributed by atoms with Crippen molar-refractivity contribution in [1.82, 2.24) is 0 Å². The predicted molar refractivity (Wildman–Crippen MR) is 225 cm³/mol. The Bertz CT molecular complexity index is 2070. The summed E-state index contributed by atoms with van der Waals surface area (Å²) in [7, 11) is -1.01. The molecule has 0 radical (unpaired) electrons. The van der Waals surface area contributed by atoms with Gasteiger partial charge in [0.15, 0.2) is 17.3 Å². The van der Waals surface area contributed by atoms with Crippen LogP contribution in [0.5, 0.6) is 17.2 Å². The third-order valence-electron chi connectivity index (χ3n) is 10.8. The van der Waals surface area contributed by atoms with Gasteiger partial charge >= 0.3 is 0 Å². The first-order valence-electron chi connectivity index (χ1n) is 20.1. The molecule has 0 N–H and O–H groups in total. The Morgan fingerprint density at radius 2 is 1.28 bits per heavy atom. The normalized spacial score (nSPS) is 27.5. The predicted octanol–water partition coefficient (Wildman–Crippen LogP) is 5.88. The van der Waals surface area contributed by atoms with Gasteiger partial charge in [0.05, 0.1) is 54.4 Å². The minimum Gasteiger partial charge on any atom is -0.726 e. The number of ether oxygens (including phenoxy) is 10. The van der Waals surface area contributed by atoms with Gasteiger partial charge in [-0.25, -0.2) is 8.42 Å². The Kier molecular flexibility index (Phi) is 15.3. The van der Waals surface area contributed by atoms with E-state index in [4.69, 9.17) is 51.6 Å². The van der Waals surface area contributed by atoms with Crippen LogP contribution in [0.4, 0.5) is 0 Å². The van der Waals surface area contributed by atoms with Gasteiger partial charge < -0.3 is 51.9 Å². The minimum absolute atomic E-state index is 0.0841. The summed E-state index contributed by atoms with van der Waals surface area (Å²) >= 11 is 0. The van der Waals surface area contributed by atoms with Crippen molar-refractivity contribution in [3.63, 3.8) is 0 Å². The van der Waals surface area contributed by atoms with Gasteiger partial charge in [-0.15, -0.1) is 0 Å². The van der Waals surface area contributed by atoms with Crippen molar-refractivity contribution >= 4 is 21.3 Å². The van der Waals surface area contributed by atoms with Crippen LogP contribution in [-0.2, 0) is 78.5 Å². The zero-order valence-electron chi connectivity index (χ0n) is 34.9. The maximum Gasteiger partial charge on any atom is 0.218 e.